The Morgan fingerprint density at radius 3 is 2.89 bits per heavy atom. The van der Waals surface area contributed by atoms with Crippen molar-refractivity contribution in [2.24, 2.45) is 0 Å². The summed E-state index contributed by atoms with van der Waals surface area (Å²) in [6.07, 6.45) is 2.39. The lowest BCUT2D eigenvalue weighted by Crippen LogP contribution is -2.37. The Labute approximate surface area is 113 Å². The molecule has 0 aromatic heterocycles. The zero-order valence-electron chi connectivity index (χ0n) is 10.8. The largest absolute Gasteiger partial charge is 0.338 e. The molecule has 1 amide bonds. The van der Waals surface area contributed by atoms with Crippen LogP contribution in [0.3, 0.4) is 0 Å². The highest BCUT2D eigenvalue weighted by Gasteiger charge is 2.23. The third-order valence-electron chi connectivity index (χ3n) is 3.42. The van der Waals surface area contributed by atoms with E-state index in [1.165, 1.54) is 12.8 Å². The van der Waals surface area contributed by atoms with E-state index in [9.17, 15) is 4.79 Å². The van der Waals surface area contributed by atoms with Gasteiger partial charge in [-0.3, -0.25) is 4.79 Å². The summed E-state index contributed by atoms with van der Waals surface area (Å²) in [5, 5.41) is 3.94. The average Bonchev–Trinajstić information content (AvgIpc) is 3.18. The Bertz CT molecular complexity index is 432. The first-order valence-corrected chi connectivity index (χ1v) is 6.70. The Hall–Kier alpha value is -1.06. The van der Waals surface area contributed by atoms with Crippen LogP contribution < -0.4 is 5.32 Å². The number of amides is 1. The highest BCUT2D eigenvalue weighted by atomic mass is 35.5. The zero-order chi connectivity index (χ0) is 13.1. The number of nitrogens with zero attached hydrogens (tertiary/aromatic N) is 1. The molecule has 1 aliphatic rings. The molecule has 1 unspecified atom stereocenters. The minimum Gasteiger partial charge on any atom is -0.338 e. The second-order valence-electron chi connectivity index (χ2n) is 4.89. The van der Waals surface area contributed by atoms with Gasteiger partial charge < -0.3 is 10.2 Å². The molecule has 18 heavy (non-hydrogen) atoms. The number of halogens is 1. The lowest BCUT2D eigenvalue weighted by molar-refractivity contribution is -0.130. The molecule has 2 rings (SSSR count). The van der Waals surface area contributed by atoms with Crippen LogP contribution in [0.15, 0.2) is 24.3 Å². The van der Waals surface area contributed by atoms with Crippen LogP contribution >= 0.6 is 11.6 Å². The van der Waals surface area contributed by atoms with E-state index in [4.69, 9.17) is 11.6 Å². The first kappa shape index (κ1) is 13.4. The molecule has 0 heterocycles. The SMILES string of the molecule is CC(c1cccc(Cl)c1)N(C)C(=O)CNC1CC1. The third-order valence-corrected chi connectivity index (χ3v) is 3.66. The molecule has 4 heteroatoms. The molecule has 1 aliphatic carbocycles. The molecule has 0 bridgehead atoms. The van der Waals surface area contributed by atoms with Gasteiger partial charge in [-0.1, -0.05) is 23.7 Å². The Balaban J connectivity index is 1.93. The maximum atomic E-state index is 12.0. The van der Waals surface area contributed by atoms with Gasteiger partial charge >= 0.3 is 0 Å². The van der Waals surface area contributed by atoms with Gasteiger partial charge in [-0.2, -0.15) is 0 Å². The first-order chi connectivity index (χ1) is 8.58. The van der Waals surface area contributed by atoms with E-state index in [0.29, 0.717) is 17.6 Å². The molecule has 1 saturated carbocycles. The Morgan fingerprint density at radius 2 is 2.28 bits per heavy atom. The number of likely N-dealkylation sites (N-methyl/N-ethyl adjacent to an activating group) is 1. The first-order valence-electron chi connectivity index (χ1n) is 6.32. The molecule has 3 nitrogen and oxygen atoms in total. The van der Waals surface area contributed by atoms with Gasteiger partial charge in [-0.05, 0) is 37.5 Å². The van der Waals surface area contributed by atoms with Crippen molar-refractivity contribution in [3.05, 3.63) is 34.9 Å². The predicted octanol–water partition coefficient (Wildman–Crippen LogP) is 2.61. The van der Waals surface area contributed by atoms with Crippen molar-refractivity contribution < 1.29 is 4.79 Å². The number of nitrogens with one attached hydrogen (secondary N) is 1. The molecule has 98 valence electrons. The molecule has 1 aromatic carbocycles. The van der Waals surface area contributed by atoms with Gasteiger partial charge in [0.2, 0.25) is 5.91 Å². The van der Waals surface area contributed by atoms with Gasteiger partial charge in [0.1, 0.15) is 0 Å². The quantitative estimate of drug-likeness (QED) is 0.889. The molecule has 1 aromatic rings. The van der Waals surface area contributed by atoms with E-state index in [-0.39, 0.29) is 11.9 Å². The monoisotopic (exact) mass is 266 g/mol. The molecular formula is C14H19ClN2O. The van der Waals surface area contributed by atoms with E-state index in [1.54, 1.807) is 4.90 Å². The number of benzene rings is 1. The maximum absolute atomic E-state index is 12.0. The molecule has 1 fully saturated rings. The second kappa shape index (κ2) is 5.72. The molecule has 0 spiro atoms. The van der Waals surface area contributed by atoms with Crippen LogP contribution in [0.2, 0.25) is 5.02 Å². The highest BCUT2D eigenvalue weighted by molar-refractivity contribution is 6.30. The van der Waals surface area contributed by atoms with Gasteiger partial charge in [0.25, 0.3) is 0 Å². The van der Waals surface area contributed by atoms with Crippen molar-refractivity contribution in [3.63, 3.8) is 0 Å². The van der Waals surface area contributed by atoms with Crippen LogP contribution in [-0.2, 0) is 4.79 Å². The number of hydrogen-bond acceptors (Lipinski definition) is 2. The molecule has 0 radical (unpaired) electrons. The lowest BCUT2D eigenvalue weighted by atomic mass is 10.1. The van der Waals surface area contributed by atoms with Crippen molar-refractivity contribution >= 4 is 17.5 Å². The maximum Gasteiger partial charge on any atom is 0.236 e. The number of hydrogen-bond donors (Lipinski definition) is 1. The standard InChI is InChI=1S/C14H19ClN2O/c1-10(11-4-3-5-12(15)8-11)17(2)14(18)9-16-13-6-7-13/h3-5,8,10,13,16H,6-7,9H2,1-2H3. The van der Waals surface area contributed by atoms with Crippen LogP contribution in [0, 0.1) is 0 Å². The van der Waals surface area contributed by atoms with Gasteiger partial charge in [-0.25, -0.2) is 0 Å². The molecular weight excluding hydrogens is 248 g/mol. The summed E-state index contributed by atoms with van der Waals surface area (Å²) in [6, 6.07) is 8.25. The van der Waals surface area contributed by atoms with Gasteiger partial charge in [-0.15, -0.1) is 0 Å². The Kier molecular flexibility index (Phi) is 4.25. The molecule has 1 N–H and O–H groups in total. The van der Waals surface area contributed by atoms with E-state index in [2.05, 4.69) is 5.32 Å². The van der Waals surface area contributed by atoms with E-state index >= 15 is 0 Å². The van der Waals surface area contributed by atoms with Gasteiger partial charge in [0, 0.05) is 18.1 Å². The fraction of sp³-hybridized carbons (Fsp3) is 0.500. The normalized spacial score (nSPS) is 16.4. The van der Waals surface area contributed by atoms with E-state index < -0.39 is 0 Å². The Morgan fingerprint density at radius 1 is 1.56 bits per heavy atom. The van der Waals surface area contributed by atoms with Crippen LogP contribution in [0.1, 0.15) is 31.4 Å². The predicted molar refractivity (Wildman–Crippen MR) is 73.7 cm³/mol. The fourth-order valence-electron chi connectivity index (χ4n) is 1.85. The van der Waals surface area contributed by atoms with Crippen LogP contribution in [0.25, 0.3) is 0 Å². The van der Waals surface area contributed by atoms with Crippen molar-refractivity contribution in [1.82, 2.24) is 10.2 Å². The summed E-state index contributed by atoms with van der Waals surface area (Å²) in [5.41, 5.74) is 1.06. The van der Waals surface area contributed by atoms with Crippen LogP contribution in [0.5, 0.6) is 0 Å². The van der Waals surface area contributed by atoms with Crippen molar-refractivity contribution in [1.29, 1.82) is 0 Å². The fourth-order valence-corrected chi connectivity index (χ4v) is 2.05. The van der Waals surface area contributed by atoms with E-state index in [1.807, 2.05) is 38.2 Å². The third kappa shape index (κ3) is 3.47. The minimum atomic E-state index is 0.0391. The minimum absolute atomic E-state index is 0.0391. The van der Waals surface area contributed by atoms with E-state index in [0.717, 1.165) is 5.56 Å². The highest BCUT2D eigenvalue weighted by Crippen LogP contribution is 2.22. The smallest absolute Gasteiger partial charge is 0.236 e. The van der Waals surface area contributed by atoms with Crippen LogP contribution in [0.4, 0.5) is 0 Å². The molecule has 0 aliphatic heterocycles. The topological polar surface area (TPSA) is 32.3 Å². The molecule has 1 atom stereocenters. The van der Waals surface area contributed by atoms with Gasteiger partial charge in [0.05, 0.1) is 12.6 Å². The lowest BCUT2D eigenvalue weighted by Gasteiger charge is -2.25. The summed E-state index contributed by atoms with van der Waals surface area (Å²) in [7, 11) is 1.84. The summed E-state index contributed by atoms with van der Waals surface area (Å²) in [4.78, 5) is 13.8. The van der Waals surface area contributed by atoms with Crippen molar-refractivity contribution in [2.45, 2.75) is 31.8 Å². The second-order valence-corrected chi connectivity index (χ2v) is 5.33. The summed E-state index contributed by atoms with van der Waals surface area (Å²) in [5.74, 6) is 0.120. The van der Waals surface area contributed by atoms with Crippen molar-refractivity contribution in [2.75, 3.05) is 13.6 Å². The summed E-state index contributed by atoms with van der Waals surface area (Å²) in [6.45, 7) is 2.44. The zero-order valence-corrected chi connectivity index (χ0v) is 11.6. The number of carbonyl (C=O) groups excluding carboxylic acids is 1. The summed E-state index contributed by atoms with van der Waals surface area (Å²) < 4.78 is 0. The van der Waals surface area contributed by atoms with Crippen LogP contribution in [-0.4, -0.2) is 30.4 Å². The summed E-state index contributed by atoms with van der Waals surface area (Å²) >= 11 is 5.97. The number of rotatable bonds is 5. The average molecular weight is 267 g/mol. The number of carbonyl (C=O) groups is 1. The van der Waals surface area contributed by atoms with Gasteiger partial charge in [0.15, 0.2) is 0 Å². The van der Waals surface area contributed by atoms with Crippen molar-refractivity contribution in [3.8, 4) is 0 Å². The molecule has 0 saturated heterocycles.